The summed E-state index contributed by atoms with van der Waals surface area (Å²) in [5.74, 6) is -1.21. The molecular formula is C14H23N3O4S. The molecule has 0 saturated carbocycles. The predicted octanol–water partition coefficient (Wildman–Crippen LogP) is 0.0194. The summed E-state index contributed by atoms with van der Waals surface area (Å²) in [4.78, 5) is 22.6. The number of aliphatic carboxylic acids is 1. The van der Waals surface area contributed by atoms with Gasteiger partial charge in [0.05, 0.1) is 6.04 Å². The van der Waals surface area contributed by atoms with Gasteiger partial charge in [-0.15, -0.1) is 6.58 Å². The van der Waals surface area contributed by atoms with Gasteiger partial charge >= 0.3 is 5.97 Å². The van der Waals surface area contributed by atoms with Gasteiger partial charge in [0, 0.05) is 19.5 Å². The SMILES string of the molecule is C=C[C@@H]1C[C@H](C(=O)O)NC1[C@H](COC(=S)NCC)NC(C)=O. The van der Waals surface area contributed by atoms with Crippen LogP contribution in [0.4, 0.5) is 0 Å². The number of thiocarbonyl (C=S) groups is 1. The van der Waals surface area contributed by atoms with Gasteiger partial charge in [0.25, 0.3) is 5.17 Å². The molecule has 1 heterocycles. The Kier molecular flexibility index (Phi) is 7.26. The number of hydrogen-bond acceptors (Lipinski definition) is 5. The minimum Gasteiger partial charge on any atom is -0.480 e. The largest absolute Gasteiger partial charge is 0.480 e. The van der Waals surface area contributed by atoms with Crippen molar-refractivity contribution >= 4 is 29.3 Å². The number of hydrogen-bond donors (Lipinski definition) is 4. The molecule has 1 amide bonds. The lowest BCUT2D eigenvalue weighted by atomic mass is 9.94. The van der Waals surface area contributed by atoms with Gasteiger partial charge in [-0.2, -0.15) is 0 Å². The smallest absolute Gasteiger partial charge is 0.320 e. The van der Waals surface area contributed by atoms with E-state index in [1.165, 1.54) is 6.92 Å². The molecule has 1 fully saturated rings. The van der Waals surface area contributed by atoms with Gasteiger partial charge in [-0.25, -0.2) is 0 Å². The average Bonchev–Trinajstić information content (AvgIpc) is 2.87. The third kappa shape index (κ3) is 5.27. The third-order valence-electron chi connectivity index (χ3n) is 3.50. The third-order valence-corrected chi connectivity index (χ3v) is 3.76. The van der Waals surface area contributed by atoms with E-state index in [2.05, 4.69) is 22.5 Å². The maximum atomic E-state index is 11.4. The summed E-state index contributed by atoms with van der Waals surface area (Å²) >= 11 is 5.00. The topological polar surface area (TPSA) is 99.7 Å². The number of rotatable bonds is 7. The first-order chi connectivity index (χ1) is 10.4. The van der Waals surface area contributed by atoms with Crippen molar-refractivity contribution in [2.45, 2.75) is 38.4 Å². The normalized spacial score (nSPS) is 25.1. The Morgan fingerprint density at radius 3 is 2.77 bits per heavy atom. The molecule has 1 aliphatic rings. The van der Waals surface area contributed by atoms with Crippen LogP contribution in [0.15, 0.2) is 12.7 Å². The van der Waals surface area contributed by atoms with E-state index in [4.69, 9.17) is 22.1 Å². The first-order valence-electron chi connectivity index (χ1n) is 7.18. The molecule has 0 bridgehead atoms. The van der Waals surface area contributed by atoms with Crippen LogP contribution in [-0.4, -0.2) is 53.4 Å². The van der Waals surface area contributed by atoms with Crippen molar-refractivity contribution in [3.05, 3.63) is 12.7 Å². The van der Waals surface area contributed by atoms with Crippen molar-refractivity contribution in [1.29, 1.82) is 0 Å². The predicted molar refractivity (Wildman–Crippen MR) is 86.5 cm³/mol. The van der Waals surface area contributed by atoms with Crippen molar-refractivity contribution in [3.8, 4) is 0 Å². The van der Waals surface area contributed by atoms with Gasteiger partial charge in [0.15, 0.2) is 0 Å². The second-order valence-electron chi connectivity index (χ2n) is 5.15. The van der Waals surface area contributed by atoms with Gasteiger partial charge in [0.2, 0.25) is 5.91 Å². The standard InChI is InChI=1S/C14H23N3O4S/c1-4-9-6-10(13(19)20)17-12(9)11(16-8(3)18)7-21-14(22)15-5-2/h4,9-12,17H,1,5-7H2,2-3H3,(H,15,22)(H,16,18)(H,19,20)/t9-,10-,11+,12?/m1/s1. The van der Waals surface area contributed by atoms with Crippen LogP contribution >= 0.6 is 12.2 Å². The summed E-state index contributed by atoms with van der Waals surface area (Å²) in [6.07, 6.45) is 2.13. The lowest BCUT2D eigenvalue weighted by Gasteiger charge is -2.28. The van der Waals surface area contributed by atoms with Gasteiger partial charge in [-0.3, -0.25) is 14.9 Å². The molecule has 4 N–H and O–H groups in total. The van der Waals surface area contributed by atoms with Crippen molar-refractivity contribution < 1.29 is 19.4 Å². The molecule has 22 heavy (non-hydrogen) atoms. The molecule has 4 atom stereocenters. The van der Waals surface area contributed by atoms with E-state index in [1.54, 1.807) is 6.08 Å². The summed E-state index contributed by atoms with van der Waals surface area (Å²) in [6.45, 7) is 7.84. The second kappa shape index (κ2) is 8.70. The molecular weight excluding hydrogens is 306 g/mol. The van der Waals surface area contributed by atoms with Crippen LogP contribution in [0.5, 0.6) is 0 Å². The van der Waals surface area contributed by atoms with Crippen LogP contribution in [0.25, 0.3) is 0 Å². The Balaban J connectivity index is 2.76. The molecule has 0 aromatic carbocycles. The molecule has 7 nitrogen and oxygen atoms in total. The minimum absolute atomic E-state index is 0.0748. The zero-order chi connectivity index (χ0) is 16.7. The molecule has 0 aliphatic carbocycles. The summed E-state index contributed by atoms with van der Waals surface area (Å²) in [6, 6.07) is -1.33. The maximum Gasteiger partial charge on any atom is 0.320 e. The number of amides is 1. The highest BCUT2D eigenvalue weighted by atomic mass is 32.1. The summed E-state index contributed by atoms with van der Waals surface area (Å²) < 4.78 is 5.43. The van der Waals surface area contributed by atoms with Crippen molar-refractivity contribution in [1.82, 2.24) is 16.0 Å². The molecule has 1 unspecified atom stereocenters. The minimum atomic E-state index is -0.917. The van der Waals surface area contributed by atoms with E-state index in [1.807, 2.05) is 6.92 Å². The zero-order valence-corrected chi connectivity index (χ0v) is 13.6. The zero-order valence-electron chi connectivity index (χ0n) is 12.8. The fourth-order valence-electron chi connectivity index (χ4n) is 2.53. The van der Waals surface area contributed by atoms with Crippen LogP contribution in [-0.2, 0) is 14.3 Å². The number of ether oxygens (including phenoxy) is 1. The van der Waals surface area contributed by atoms with Gasteiger partial charge in [-0.1, -0.05) is 6.08 Å². The number of nitrogens with one attached hydrogen (secondary N) is 3. The second-order valence-corrected chi connectivity index (χ2v) is 5.53. The molecule has 1 rings (SSSR count). The Hall–Kier alpha value is -1.67. The van der Waals surface area contributed by atoms with Crippen LogP contribution in [0.3, 0.4) is 0 Å². The molecule has 8 heteroatoms. The summed E-state index contributed by atoms with van der Waals surface area (Å²) in [5.41, 5.74) is 0. The first-order valence-corrected chi connectivity index (χ1v) is 7.59. The Labute approximate surface area is 135 Å². The highest BCUT2D eigenvalue weighted by molar-refractivity contribution is 7.80. The average molecular weight is 329 g/mol. The quantitative estimate of drug-likeness (QED) is 0.386. The van der Waals surface area contributed by atoms with Gasteiger partial charge in [-0.05, 0) is 31.5 Å². The van der Waals surface area contributed by atoms with E-state index in [-0.39, 0.29) is 29.6 Å². The Morgan fingerprint density at radius 1 is 1.59 bits per heavy atom. The molecule has 0 aromatic rings. The van der Waals surface area contributed by atoms with Crippen molar-refractivity contribution in [3.63, 3.8) is 0 Å². The van der Waals surface area contributed by atoms with Crippen LogP contribution in [0, 0.1) is 5.92 Å². The lowest BCUT2D eigenvalue weighted by Crippen LogP contribution is -2.53. The fraction of sp³-hybridized carbons (Fsp3) is 0.643. The highest BCUT2D eigenvalue weighted by Gasteiger charge is 2.40. The number of carboxylic acids is 1. The van der Waals surface area contributed by atoms with E-state index in [0.717, 1.165) is 0 Å². The number of carbonyl (C=O) groups excluding carboxylic acids is 1. The fourth-order valence-corrected chi connectivity index (χ4v) is 2.74. The number of carbonyl (C=O) groups is 2. The van der Waals surface area contributed by atoms with Crippen LogP contribution < -0.4 is 16.0 Å². The van der Waals surface area contributed by atoms with E-state index >= 15 is 0 Å². The molecule has 0 spiro atoms. The first kappa shape index (κ1) is 18.4. The summed E-state index contributed by atoms with van der Waals surface area (Å²) in [5, 5.41) is 18.1. The Morgan fingerprint density at radius 2 is 2.27 bits per heavy atom. The maximum absolute atomic E-state index is 11.4. The van der Waals surface area contributed by atoms with Crippen molar-refractivity contribution in [2.75, 3.05) is 13.2 Å². The van der Waals surface area contributed by atoms with E-state index in [9.17, 15) is 9.59 Å². The highest BCUT2D eigenvalue weighted by Crippen LogP contribution is 2.24. The number of carboxylic acid groups (broad SMARTS) is 1. The molecule has 0 radical (unpaired) electrons. The summed E-state index contributed by atoms with van der Waals surface area (Å²) in [7, 11) is 0. The molecule has 1 saturated heterocycles. The molecule has 124 valence electrons. The Bertz CT molecular complexity index is 444. The monoisotopic (exact) mass is 329 g/mol. The van der Waals surface area contributed by atoms with E-state index in [0.29, 0.717) is 13.0 Å². The molecule has 1 aliphatic heterocycles. The van der Waals surface area contributed by atoms with Crippen molar-refractivity contribution in [2.24, 2.45) is 5.92 Å². The van der Waals surface area contributed by atoms with Gasteiger partial charge < -0.3 is 20.5 Å². The van der Waals surface area contributed by atoms with Gasteiger partial charge in [0.1, 0.15) is 12.6 Å². The lowest BCUT2D eigenvalue weighted by molar-refractivity contribution is -0.139. The van der Waals surface area contributed by atoms with Crippen LogP contribution in [0.2, 0.25) is 0 Å². The van der Waals surface area contributed by atoms with Crippen LogP contribution in [0.1, 0.15) is 20.3 Å². The molecule has 0 aromatic heterocycles. The van der Waals surface area contributed by atoms with E-state index < -0.39 is 18.1 Å².